The summed E-state index contributed by atoms with van der Waals surface area (Å²) in [5.41, 5.74) is 2.31. The van der Waals surface area contributed by atoms with Crippen LogP contribution in [-0.4, -0.2) is 41.4 Å². The maximum atomic E-state index is 11.8. The summed E-state index contributed by atoms with van der Waals surface area (Å²) in [6.07, 6.45) is 0.482. The fraction of sp³-hybridized carbons (Fsp3) is 0.385. The average molecular weight is 262 g/mol. The second-order valence-electron chi connectivity index (χ2n) is 4.56. The molecule has 0 aliphatic rings. The van der Waals surface area contributed by atoms with E-state index in [9.17, 15) is 9.59 Å². The molecule has 3 N–H and O–H groups in total. The van der Waals surface area contributed by atoms with E-state index in [4.69, 9.17) is 0 Å². The number of rotatable bonds is 5. The summed E-state index contributed by atoms with van der Waals surface area (Å²) < 4.78 is 0. The van der Waals surface area contributed by atoms with Gasteiger partial charge in [-0.15, -0.1) is 0 Å². The number of benzene rings is 1. The van der Waals surface area contributed by atoms with Gasteiger partial charge in [0.05, 0.1) is 11.0 Å². The molecule has 0 spiro atoms. The van der Waals surface area contributed by atoms with E-state index < -0.39 is 0 Å². The Bertz CT molecular complexity index is 629. The number of aromatic nitrogens is 2. The van der Waals surface area contributed by atoms with E-state index in [2.05, 4.69) is 15.3 Å². The number of H-pyrrole nitrogens is 2. The van der Waals surface area contributed by atoms with Gasteiger partial charge in [0.25, 0.3) is 0 Å². The lowest BCUT2D eigenvalue weighted by Gasteiger charge is -2.17. The number of imidazole rings is 1. The molecule has 102 valence electrons. The SMILES string of the molecule is CNCCC(=O)N(C)Cc1ccc2[nH]c(=O)[nH]c2c1. The number of hydrogen-bond acceptors (Lipinski definition) is 3. The van der Waals surface area contributed by atoms with Gasteiger partial charge in [-0.2, -0.15) is 0 Å². The van der Waals surface area contributed by atoms with Crippen molar-refractivity contribution in [2.75, 3.05) is 20.6 Å². The first kappa shape index (κ1) is 13.4. The molecule has 1 aromatic heterocycles. The first-order chi connectivity index (χ1) is 9.10. The van der Waals surface area contributed by atoms with Gasteiger partial charge in [0.15, 0.2) is 0 Å². The molecule has 0 unspecified atom stereocenters. The van der Waals surface area contributed by atoms with E-state index in [0.717, 1.165) is 16.6 Å². The van der Waals surface area contributed by atoms with E-state index >= 15 is 0 Å². The third-order valence-electron chi connectivity index (χ3n) is 3.01. The van der Waals surface area contributed by atoms with Crippen molar-refractivity contribution in [3.8, 4) is 0 Å². The molecular formula is C13H18N4O2. The minimum absolute atomic E-state index is 0.0945. The summed E-state index contributed by atoms with van der Waals surface area (Å²) in [7, 11) is 3.60. The van der Waals surface area contributed by atoms with E-state index in [1.54, 1.807) is 11.9 Å². The topological polar surface area (TPSA) is 81.0 Å². The predicted octanol–water partition coefficient (Wildman–Crippen LogP) is 0.424. The number of nitrogens with one attached hydrogen (secondary N) is 3. The number of aromatic amines is 2. The summed E-state index contributed by atoms with van der Waals surface area (Å²) in [5, 5.41) is 2.95. The van der Waals surface area contributed by atoms with Crippen molar-refractivity contribution in [3.05, 3.63) is 34.2 Å². The minimum atomic E-state index is -0.217. The Morgan fingerprint density at radius 2 is 2.05 bits per heavy atom. The van der Waals surface area contributed by atoms with Crippen LogP contribution in [0.25, 0.3) is 11.0 Å². The molecule has 1 amide bonds. The molecule has 0 bridgehead atoms. The van der Waals surface area contributed by atoms with Crippen LogP contribution in [0.5, 0.6) is 0 Å². The normalized spacial score (nSPS) is 10.8. The monoisotopic (exact) mass is 262 g/mol. The second kappa shape index (κ2) is 5.71. The number of fused-ring (bicyclic) bond motifs is 1. The maximum Gasteiger partial charge on any atom is 0.323 e. The van der Waals surface area contributed by atoms with Crippen molar-refractivity contribution in [3.63, 3.8) is 0 Å². The van der Waals surface area contributed by atoms with Crippen LogP contribution in [0.3, 0.4) is 0 Å². The van der Waals surface area contributed by atoms with Crippen LogP contribution < -0.4 is 11.0 Å². The lowest BCUT2D eigenvalue weighted by atomic mass is 10.2. The fourth-order valence-electron chi connectivity index (χ4n) is 1.96. The number of carbonyl (C=O) groups is 1. The van der Waals surface area contributed by atoms with Gasteiger partial charge in [-0.25, -0.2) is 4.79 Å². The molecule has 0 radical (unpaired) electrons. The molecule has 2 rings (SSSR count). The number of amides is 1. The Morgan fingerprint density at radius 1 is 1.32 bits per heavy atom. The molecule has 1 heterocycles. The lowest BCUT2D eigenvalue weighted by molar-refractivity contribution is -0.130. The molecule has 6 heteroatoms. The van der Waals surface area contributed by atoms with Gasteiger partial charge >= 0.3 is 5.69 Å². The Hall–Kier alpha value is -2.08. The molecular weight excluding hydrogens is 244 g/mol. The van der Waals surface area contributed by atoms with Crippen molar-refractivity contribution in [2.24, 2.45) is 0 Å². The Balaban J connectivity index is 2.08. The smallest absolute Gasteiger partial charge is 0.323 e. The highest BCUT2D eigenvalue weighted by Crippen LogP contribution is 2.12. The number of hydrogen-bond donors (Lipinski definition) is 3. The molecule has 0 atom stereocenters. The first-order valence-electron chi connectivity index (χ1n) is 6.19. The Kier molecular flexibility index (Phi) is 4.01. The largest absolute Gasteiger partial charge is 0.341 e. The van der Waals surface area contributed by atoms with Crippen LogP contribution in [0.4, 0.5) is 0 Å². The molecule has 0 saturated carbocycles. The predicted molar refractivity (Wildman–Crippen MR) is 73.9 cm³/mol. The zero-order valence-electron chi connectivity index (χ0n) is 11.1. The highest BCUT2D eigenvalue weighted by Gasteiger charge is 2.09. The number of nitrogens with zero attached hydrogens (tertiary/aromatic N) is 1. The minimum Gasteiger partial charge on any atom is -0.341 e. The molecule has 0 saturated heterocycles. The molecule has 1 aromatic carbocycles. The van der Waals surface area contributed by atoms with Gasteiger partial charge in [0, 0.05) is 26.6 Å². The van der Waals surface area contributed by atoms with E-state index in [0.29, 0.717) is 19.5 Å². The molecule has 6 nitrogen and oxygen atoms in total. The number of carbonyl (C=O) groups excluding carboxylic acids is 1. The van der Waals surface area contributed by atoms with E-state index in [1.807, 2.05) is 25.2 Å². The molecule has 0 fully saturated rings. The lowest BCUT2D eigenvalue weighted by Crippen LogP contribution is -2.28. The molecule has 0 aliphatic heterocycles. The summed E-state index contributed by atoms with van der Waals surface area (Å²) >= 11 is 0. The van der Waals surface area contributed by atoms with Crippen molar-refractivity contribution in [1.29, 1.82) is 0 Å². The van der Waals surface area contributed by atoms with Gasteiger partial charge in [0.1, 0.15) is 0 Å². The van der Waals surface area contributed by atoms with Gasteiger partial charge in [0.2, 0.25) is 5.91 Å². The molecule has 0 aliphatic carbocycles. The van der Waals surface area contributed by atoms with Crippen LogP contribution in [-0.2, 0) is 11.3 Å². The fourth-order valence-corrected chi connectivity index (χ4v) is 1.96. The Morgan fingerprint density at radius 3 is 2.79 bits per heavy atom. The van der Waals surface area contributed by atoms with Crippen LogP contribution in [0.1, 0.15) is 12.0 Å². The molecule has 19 heavy (non-hydrogen) atoms. The summed E-state index contributed by atoms with van der Waals surface area (Å²) in [6.45, 7) is 1.21. The van der Waals surface area contributed by atoms with E-state index in [1.165, 1.54) is 0 Å². The van der Waals surface area contributed by atoms with E-state index in [-0.39, 0.29) is 11.6 Å². The van der Waals surface area contributed by atoms with Crippen molar-refractivity contribution >= 4 is 16.9 Å². The van der Waals surface area contributed by atoms with Crippen LogP contribution in [0.15, 0.2) is 23.0 Å². The highest BCUT2D eigenvalue weighted by atomic mass is 16.2. The van der Waals surface area contributed by atoms with Crippen molar-refractivity contribution < 1.29 is 4.79 Å². The average Bonchev–Trinajstić information content (AvgIpc) is 2.75. The highest BCUT2D eigenvalue weighted by molar-refractivity contribution is 5.77. The standard InChI is InChI=1S/C13H18N4O2/c1-14-6-5-12(18)17(2)8-9-3-4-10-11(7-9)16-13(19)15-10/h3-4,7,14H,5-6,8H2,1-2H3,(H2,15,16,19). The van der Waals surface area contributed by atoms with Gasteiger partial charge < -0.3 is 20.2 Å². The van der Waals surface area contributed by atoms with Crippen molar-refractivity contribution in [2.45, 2.75) is 13.0 Å². The van der Waals surface area contributed by atoms with Crippen LogP contribution >= 0.6 is 0 Å². The third-order valence-corrected chi connectivity index (χ3v) is 3.01. The van der Waals surface area contributed by atoms with Gasteiger partial charge in [-0.3, -0.25) is 4.79 Å². The van der Waals surface area contributed by atoms with Crippen molar-refractivity contribution in [1.82, 2.24) is 20.2 Å². The zero-order valence-corrected chi connectivity index (χ0v) is 11.1. The summed E-state index contributed by atoms with van der Waals surface area (Å²) in [4.78, 5) is 30.0. The second-order valence-corrected chi connectivity index (χ2v) is 4.56. The van der Waals surface area contributed by atoms with Crippen LogP contribution in [0.2, 0.25) is 0 Å². The van der Waals surface area contributed by atoms with Crippen LogP contribution in [0, 0.1) is 0 Å². The summed E-state index contributed by atoms with van der Waals surface area (Å²) in [6, 6.07) is 5.64. The van der Waals surface area contributed by atoms with Gasteiger partial charge in [-0.1, -0.05) is 6.07 Å². The third kappa shape index (κ3) is 3.23. The first-order valence-corrected chi connectivity index (χ1v) is 6.19. The quantitative estimate of drug-likeness (QED) is 0.730. The maximum absolute atomic E-state index is 11.8. The zero-order chi connectivity index (χ0) is 13.8. The Labute approximate surface area is 110 Å². The summed E-state index contributed by atoms with van der Waals surface area (Å²) in [5.74, 6) is 0.0945. The van der Waals surface area contributed by atoms with Gasteiger partial charge in [-0.05, 0) is 24.7 Å². The molecule has 2 aromatic rings.